The van der Waals surface area contributed by atoms with Crippen LogP contribution in [0.5, 0.6) is 0 Å². The van der Waals surface area contributed by atoms with Crippen molar-refractivity contribution in [3.05, 3.63) is 52.6 Å². The average Bonchev–Trinajstić information content (AvgIpc) is 2.26. The lowest BCUT2D eigenvalue weighted by Crippen LogP contribution is -2.13. The molecule has 0 atom stereocenters. The van der Waals surface area contributed by atoms with Crippen molar-refractivity contribution in [2.45, 2.75) is 0 Å². The number of hydrogen-bond donors (Lipinski definition) is 1. The molecule has 0 aliphatic heterocycles. The molecule has 0 spiro atoms. The van der Waals surface area contributed by atoms with Crippen molar-refractivity contribution < 1.29 is 9.90 Å². The number of carboxylic acid groups (broad SMARTS) is 1. The van der Waals surface area contributed by atoms with Crippen LogP contribution in [0.1, 0.15) is 5.69 Å². The van der Waals surface area contributed by atoms with Crippen molar-refractivity contribution in [3.8, 4) is 0 Å². The van der Waals surface area contributed by atoms with Crippen LogP contribution in [-0.4, -0.2) is 20.5 Å². The molecule has 5 nitrogen and oxygen atoms in total. The SMILES string of the molecule is O=C(O)/C=C/c1cc(=O)n2ccccc2n1. The third kappa shape index (κ3) is 1.98. The van der Waals surface area contributed by atoms with Gasteiger partial charge in [0.2, 0.25) is 0 Å². The van der Waals surface area contributed by atoms with Crippen LogP contribution in [0.25, 0.3) is 11.7 Å². The summed E-state index contributed by atoms with van der Waals surface area (Å²) in [6.07, 6.45) is 3.84. The molecule has 0 aromatic carbocycles. The van der Waals surface area contributed by atoms with Gasteiger partial charge in [0, 0.05) is 18.3 Å². The van der Waals surface area contributed by atoms with Gasteiger partial charge in [0.25, 0.3) is 5.56 Å². The number of pyridine rings is 1. The minimum absolute atomic E-state index is 0.240. The van der Waals surface area contributed by atoms with Crippen LogP contribution in [0, 0.1) is 0 Å². The maximum atomic E-state index is 11.6. The summed E-state index contributed by atoms with van der Waals surface area (Å²) in [6, 6.07) is 6.45. The second-order valence-corrected chi connectivity index (χ2v) is 3.12. The lowest BCUT2D eigenvalue weighted by molar-refractivity contribution is -0.131. The van der Waals surface area contributed by atoms with Crippen LogP contribution in [-0.2, 0) is 4.79 Å². The van der Waals surface area contributed by atoms with E-state index < -0.39 is 5.97 Å². The Kier molecular flexibility index (Phi) is 2.51. The minimum atomic E-state index is -1.07. The zero-order valence-corrected chi connectivity index (χ0v) is 8.20. The molecule has 2 aromatic rings. The van der Waals surface area contributed by atoms with Gasteiger partial charge in [-0.05, 0) is 18.2 Å². The predicted octanol–water partition coefficient (Wildman–Crippen LogP) is 0.792. The Balaban J connectivity index is 2.58. The summed E-state index contributed by atoms with van der Waals surface area (Å²) in [6.45, 7) is 0. The number of carbonyl (C=O) groups is 1. The molecule has 0 aliphatic carbocycles. The van der Waals surface area contributed by atoms with E-state index in [0.717, 1.165) is 6.08 Å². The number of carboxylic acids is 1. The first-order valence-electron chi connectivity index (χ1n) is 4.56. The minimum Gasteiger partial charge on any atom is -0.478 e. The number of nitrogens with zero attached hydrogens (tertiary/aromatic N) is 2. The molecule has 0 saturated heterocycles. The Labute approximate surface area is 90.3 Å². The maximum absolute atomic E-state index is 11.6. The van der Waals surface area contributed by atoms with Crippen LogP contribution in [0.15, 0.2) is 41.3 Å². The first-order valence-corrected chi connectivity index (χ1v) is 4.56. The van der Waals surface area contributed by atoms with Crippen LogP contribution < -0.4 is 5.56 Å². The first-order chi connectivity index (χ1) is 7.66. The zero-order chi connectivity index (χ0) is 11.5. The smallest absolute Gasteiger partial charge is 0.328 e. The summed E-state index contributed by atoms with van der Waals surface area (Å²) in [5, 5.41) is 8.46. The second kappa shape index (κ2) is 3.98. The Hall–Kier alpha value is -2.43. The fourth-order valence-corrected chi connectivity index (χ4v) is 1.31. The third-order valence-electron chi connectivity index (χ3n) is 1.99. The van der Waals surface area contributed by atoms with Crippen molar-refractivity contribution in [2.24, 2.45) is 0 Å². The van der Waals surface area contributed by atoms with Gasteiger partial charge in [-0.15, -0.1) is 0 Å². The zero-order valence-electron chi connectivity index (χ0n) is 8.20. The summed E-state index contributed by atoms with van der Waals surface area (Å²) < 4.78 is 1.39. The summed E-state index contributed by atoms with van der Waals surface area (Å²) in [5.41, 5.74) is 0.578. The lowest BCUT2D eigenvalue weighted by Gasteiger charge is -1.99. The van der Waals surface area contributed by atoms with E-state index in [-0.39, 0.29) is 5.56 Å². The molecule has 0 aliphatic rings. The number of hydrogen-bond acceptors (Lipinski definition) is 3. The van der Waals surface area contributed by atoms with E-state index in [9.17, 15) is 9.59 Å². The molecule has 16 heavy (non-hydrogen) atoms. The molecular weight excluding hydrogens is 208 g/mol. The topological polar surface area (TPSA) is 71.7 Å². The van der Waals surface area contributed by atoms with Crippen LogP contribution >= 0.6 is 0 Å². The Morgan fingerprint density at radius 2 is 2.25 bits per heavy atom. The molecule has 1 N–H and O–H groups in total. The Morgan fingerprint density at radius 3 is 3.00 bits per heavy atom. The summed E-state index contributed by atoms with van der Waals surface area (Å²) in [7, 11) is 0. The first kappa shape index (κ1) is 10.1. The number of fused-ring (bicyclic) bond motifs is 1. The lowest BCUT2D eigenvalue weighted by atomic mass is 10.3. The van der Waals surface area contributed by atoms with Crippen molar-refractivity contribution in [2.75, 3.05) is 0 Å². The summed E-state index contributed by atoms with van der Waals surface area (Å²) >= 11 is 0. The summed E-state index contributed by atoms with van der Waals surface area (Å²) in [4.78, 5) is 26.0. The average molecular weight is 216 g/mol. The largest absolute Gasteiger partial charge is 0.478 e. The molecule has 0 amide bonds. The van der Waals surface area contributed by atoms with Gasteiger partial charge >= 0.3 is 5.97 Å². The third-order valence-corrected chi connectivity index (χ3v) is 1.99. The van der Waals surface area contributed by atoms with Gasteiger partial charge in [-0.25, -0.2) is 9.78 Å². The van der Waals surface area contributed by atoms with Crippen molar-refractivity contribution in [1.29, 1.82) is 0 Å². The van der Waals surface area contributed by atoms with E-state index in [0.29, 0.717) is 11.3 Å². The van der Waals surface area contributed by atoms with Crippen LogP contribution in [0.4, 0.5) is 0 Å². The fourth-order valence-electron chi connectivity index (χ4n) is 1.31. The quantitative estimate of drug-likeness (QED) is 0.753. The number of aromatic nitrogens is 2. The van der Waals surface area contributed by atoms with Gasteiger partial charge < -0.3 is 5.11 Å². The molecule has 2 heterocycles. The van der Waals surface area contributed by atoms with Crippen LogP contribution in [0.2, 0.25) is 0 Å². The molecule has 0 saturated carbocycles. The predicted molar refractivity (Wildman–Crippen MR) is 58.1 cm³/mol. The molecule has 0 bridgehead atoms. The molecular formula is C11H8N2O3. The number of aliphatic carboxylic acids is 1. The molecule has 80 valence electrons. The highest BCUT2D eigenvalue weighted by Gasteiger charge is 1.98. The van der Waals surface area contributed by atoms with E-state index in [1.165, 1.54) is 16.5 Å². The van der Waals surface area contributed by atoms with Crippen molar-refractivity contribution in [3.63, 3.8) is 0 Å². The highest BCUT2D eigenvalue weighted by Crippen LogP contribution is 2.00. The maximum Gasteiger partial charge on any atom is 0.328 e. The van der Waals surface area contributed by atoms with Gasteiger partial charge in [-0.3, -0.25) is 9.20 Å². The van der Waals surface area contributed by atoms with E-state index in [4.69, 9.17) is 5.11 Å². The van der Waals surface area contributed by atoms with Gasteiger partial charge in [-0.2, -0.15) is 0 Å². The fraction of sp³-hybridized carbons (Fsp3) is 0. The van der Waals surface area contributed by atoms with E-state index >= 15 is 0 Å². The Bertz CT molecular complexity index is 628. The van der Waals surface area contributed by atoms with E-state index in [2.05, 4.69) is 4.98 Å². The highest BCUT2D eigenvalue weighted by molar-refractivity contribution is 5.84. The standard InChI is InChI=1S/C11H8N2O3/c14-10-7-8(4-5-11(15)16)12-9-3-1-2-6-13(9)10/h1-7H,(H,15,16)/b5-4+. The molecule has 2 aromatic heterocycles. The molecule has 0 radical (unpaired) electrons. The Morgan fingerprint density at radius 1 is 1.44 bits per heavy atom. The van der Waals surface area contributed by atoms with Crippen molar-refractivity contribution in [1.82, 2.24) is 9.38 Å². The molecule has 2 rings (SSSR count). The normalized spacial score (nSPS) is 11.0. The van der Waals surface area contributed by atoms with Gasteiger partial charge in [-0.1, -0.05) is 6.07 Å². The van der Waals surface area contributed by atoms with Crippen LogP contribution in [0.3, 0.4) is 0 Å². The monoisotopic (exact) mass is 216 g/mol. The van der Waals surface area contributed by atoms with E-state index in [1.807, 2.05) is 0 Å². The number of rotatable bonds is 2. The van der Waals surface area contributed by atoms with Crippen molar-refractivity contribution >= 4 is 17.7 Å². The molecule has 0 fully saturated rings. The second-order valence-electron chi connectivity index (χ2n) is 3.12. The van der Waals surface area contributed by atoms with E-state index in [1.54, 1.807) is 24.4 Å². The van der Waals surface area contributed by atoms with Gasteiger partial charge in [0.05, 0.1) is 5.69 Å². The highest BCUT2D eigenvalue weighted by atomic mass is 16.4. The van der Waals surface area contributed by atoms with Gasteiger partial charge in [0.15, 0.2) is 0 Å². The van der Waals surface area contributed by atoms with Gasteiger partial charge in [0.1, 0.15) is 5.65 Å². The molecule has 0 unspecified atom stereocenters. The summed E-state index contributed by atoms with van der Waals surface area (Å²) in [5.74, 6) is -1.07. The molecule has 5 heteroatoms.